The molecule has 7 nitrogen and oxygen atoms in total. The maximum atomic E-state index is 14.5. The van der Waals surface area contributed by atoms with Gasteiger partial charge in [-0.25, -0.2) is 4.79 Å². The van der Waals surface area contributed by atoms with E-state index in [9.17, 15) is 19.5 Å². The van der Waals surface area contributed by atoms with Gasteiger partial charge in [-0.2, -0.15) is 0 Å². The smallest absolute Gasteiger partial charge is 0.328 e. The summed E-state index contributed by atoms with van der Waals surface area (Å²) in [6, 6.07) is -0.558. The Bertz CT molecular complexity index is 1380. The topological polar surface area (TPSA) is 105 Å². The van der Waals surface area contributed by atoms with Crippen LogP contribution in [0.3, 0.4) is 0 Å². The van der Waals surface area contributed by atoms with Gasteiger partial charge in [0.1, 0.15) is 6.04 Å². The molecule has 11 atom stereocenters. The predicted molar refractivity (Wildman–Crippen MR) is 223 cm³/mol. The van der Waals surface area contributed by atoms with E-state index in [0.717, 1.165) is 77.2 Å². The number of aliphatic hydroxyl groups excluding tert-OH is 1. The first-order valence-corrected chi connectivity index (χ1v) is 22.9. The Kier molecular flexibility index (Phi) is 14.1. The first-order valence-electron chi connectivity index (χ1n) is 22.9. The summed E-state index contributed by atoms with van der Waals surface area (Å²) in [5, 5.41) is 17.5. The predicted octanol–water partition coefficient (Wildman–Crippen LogP) is 10.3. The van der Waals surface area contributed by atoms with Crippen LogP contribution in [0.15, 0.2) is 12.2 Å². The lowest BCUT2D eigenvalue weighted by Gasteiger charge is -2.72. The molecular formula is C48H82N2O5. The van der Waals surface area contributed by atoms with Crippen molar-refractivity contribution < 1.29 is 24.2 Å². The molecule has 0 saturated heterocycles. The van der Waals surface area contributed by atoms with E-state index in [-0.39, 0.29) is 45.1 Å². The Morgan fingerprint density at radius 2 is 1.44 bits per heavy atom. The van der Waals surface area contributed by atoms with E-state index in [1.165, 1.54) is 57.6 Å². The molecule has 0 radical (unpaired) electrons. The molecule has 0 bridgehead atoms. The molecule has 5 fully saturated rings. The number of hydrogen-bond acceptors (Lipinski definition) is 5. The maximum Gasteiger partial charge on any atom is 0.328 e. The zero-order valence-corrected chi connectivity index (χ0v) is 36.8. The van der Waals surface area contributed by atoms with Crippen molar-refractivity contribution in [1.29, 1.82) is 0 Å². The number of fused-ring (bicyclic) bond motifs is 7. The van der Waals surface area contributed by atoms with Crippen molar-refractivity contribution in [1.82, 2.24) is 10.6 Å². The van der Waals surface area contributed by atoms with Crippen LogP contribution in [-0.4, -0.2) is 48.7 Å². The summed E-state index contributed by atoms with van der Waals surface area (Å²) in [5.74, 6) is 2.81. The molecule has 5 rings (SSSR count). The molecule has 5 saturated carbocycles. The van der Waals surface area contributed by atoms with Gasteiger partial charge in [0.15, 0.2) is 0 Å². The number of ether oxygens (including phenoxy) is 1. The molecule has 5 aliphatic carbocycles. The van der Waals surface area contributed by atoms with E-state index >= 15 is 0 Å². The Morgan fingerprint density at radius 3 is 2.07 bits per heavy atom. The zero-order valence-electron chi connectivity index (χ0n) is 36.8. The fourth-order valence-corrected chi connectivity index (χ4v) is 14.5. The van der Waals surface area contributed by atoms with E-state index in [4.69, 9.17) is 4.74 Å². The number of nitrogens with one attached hydrogen (secondary N) is 2. The Balaban J connectivity index is 1.09. The van der Waals surface area contributed by atoms with Crippen molar-refractivity contribution in [2.24, 2.45) is 62.6 Å². The summed E-state index contributed by atoms with van der Waals surface area (Å²) in [6.07, 6.45) is 20.8. The lowest BCUT2D eigenvalue weighted by atomic mass is 9.32. The minimum absolute atomic E-state index is 0.0318. The van der Waals surface area contributed by atoms with Crippen LogP contribution < -0.4 is 10.6 Å². The average molecular weight is 767 g/mol. The van der Waals surface area contributed by atoms with Gasteiger partial charge >= 0.3 is 5.97 Å². The number of unbranched alkanes of at least 4 members (excludes halogenated alkanes) is 7. The Hall–Kier alpha value is -1.89. The van der Waals surface area contributed by atoms with E-state index in [1.807, 2.05) is 13.8 Å². The molecule has 314 valence electrons. The molecule has 0 aromatic rings. The second-order valence-corrected chi connectivity index (χ2v) is 21.3. The van der Waals surface area contributed by atoms with Crippen molar-refractivity contribution in [2.75, 3.05) is 13.7 Å². The molecule has 0 aromatic heterocycles. The molecule has 0 aromatic carbocycles. The summed E-state index contributed by atoms with van der Waals surface area (Å²) >= 11 is 0. The maximum absolute atomic E-state index is 14.5. The van der Waals surface area contributed by atoms with Crippen molar-refractivity contribution in [3.63, 3.8) is 0 Å². The van der Waals surface area contributed by atoms with Crippen LogP contribution >= 0.6 is 0 Å². The highest BCUT2D eigenvalue weighted by Gasteiger charge is 2.71. The summed E-state index contributed by atoms with van der Waals surface area (Å²) in [6.45, 7) is 24.2. The quantitative estimate of drug-likeness (QED) is 0.0777. The summed E-state index contributed by atoms with van der Waals surface area (Å²) in [4.78, 5) is 38.9. The highest BCUT2D eigenvalue weighted by Crippen LogP contribution is 2.77. The van der Waals surface area contributed by atoms with E-state index in [1.54, 1.807) is 0 Å². The molecule has 2 amide bonds. The third-order valence-corrected chi connectivity index (χ3v) is 17.6. The lowest BCUT2D eigenvalue weighted by Crippen LogP contribution is -2.67. The molecule has 0 unspecified atom stereocenters. The lowest BCUT2D eigenvalue weighted by molar-refractivity contribution is -0.246. The van der Waals surface area contributed by atoms with Crippen LogP contribution in [0.4, 0.5) is 0 Å². The number of hydrogen-bond donors (Lipinski definition) is 3. The van der Waals surface area contributed by atoms with Gasteiger partial charge in [-0.1, -0.05) is 99.1 Å². The zero-order chi connectivity index (χ0) is 40.4. The summed E-state index contributed by atoms with van der Waals surface area (Å²) in [7, 11) is 1.37. The van der Waals surface area contributed by atoms with E-state index < -0.39 is 6.04 Å². The van der Waals surface area contributed by atoms with Crippen LogP contribution in [0.5, 0.6) is 0 Å². The van der Waals surface area contributed by atoms with Crippen molar-refractivity contribution in [2.45, 2.75) is 196 Å². The minimum Gasteiger partial charge on any atom is -0.467 e. The monoisotopic (exact) mass is 767 g/mol. The first kappa shape index (κ1) is 44.2. The number of aliphatic hydroxyl groups is 1. The third-order valence-electron chi connectivity index (χ3n) is 17.6. The van der Waals surface area contributed by atoms with Gasteiger partial charge in [-0.05, 0) is 148 Å². The number of carbonyl (C=O) groups is 3. The second-order valence-electron chi connectivity index (χ2n) is 21.3. The average Bonchev–Trinajstić information content (AvgIpc) is 3.53. The van der Waals surface area contributed by atoms with Gasteiger partial charge < -0.3 is 20.5 Å². The molecule has 0 heterocycles. The third kappa shape index (κ3) is 8.36. The fraction of sp³-hybridized carbons (Fsp3) is 0.896. The molecule has 55 heavy (non-hydrogen) atoms. The number of rotatable bonds is 17. The SMILES string of the molecule is C=C(C)[C@@H]1CC[C@]2(C(=O)NCCCCCCCCCCC(=O)N[C@@H](CC(C)C)C(=O)OC)CC[C@]3(C)[C@H](CC[C@@H]4[C@@]5(C)CC[C@H](O)C(C)(C)[C@@H]5CC[C@]43C)[C@@H]12. The number of allylic oxidation sites excluding steroid dienone is 1. The largest absolute Gasteiger partial charge is 0.467 e. The van der Waals surface area contributed by atoms with Crippen molar-refractivity contribution in [3.8, 4) is 0 Å². The van der Waals surface area contributed by atoms with Crippen LogP contribution in [0.1, 0.15) is 184 Å². The van der Waals surface area contributed by atoms with Gasteiger partial charge in [-0.3, -0.25) is 9.59 Å². The number of carbonyl (C=O) groups excluding carboxylic acids is 3. The van der Waals surface area contributed by atoms with Crippen LogP contribution in [0.25, 0.3) is 0 Å². The summed E-state index contributed by atoms with van der Waals surface area (Å²) < 4.78 is 4.86. The second kappa shape index (κ2) is 17.5. The van der Waals surface area contributed by atoms with Crippen molar-refractivity contribution in [3.05, 3.63) is 12.2 Å². The van der Waals surface area contributed by atoms with E-state index in [0.29, 0.717) is 54.3 Å². The highest BCUT2D eigenvalue weighted by molar-refractivity contribution is 5.84. The van der Waals surface area contributed by atoms with Gasteiger partial charge in [-0.15, -0.1) is 0 Å². The number of amides is 2. The Labute approximate surface area is 336 Å². The van der Waals surface area contributed by atoms with Gasteiger partial charge in [0.2, 0.25) is 11.8 Å². The van der Waals surface area contributed by atoms with Gasteiger partial charge in [0, 0.05) is 13.0 Å². The molecule has 0 spiro atoms. The minimum atomic E-state index is -0.558. The molecular weight excluding hydrogens is 685 g/mol. The standard InChI is InChI=1S/C48H82N2O5/c1-32(2)31-36(42(53)55-10)50-40(52)19-17-15-13-11-12-14-16-18-30-49-43(54)48-27-22-34(33(3)4)41(48)35-20-21-38-45(7)25-24-39(51)44(5,6)37(45)23-26-47(38,9)46(35,8)28-29-48/h32,34-39,41,51H,3,11-31H2,1-2,4-10H3,(H,49,54)(H,50,52)/t34-,35+,36-,37-,38+,39-,41+,45-,46+,47+,48-/m0/s1. The van der Waals surface area contributed by atoms with Crippen LogP contribution in [0, 0.1) is 62.6 Å². The van der Waals surface area contributed by atoms with Crippen LogP contribution in [0.2, 0.25) is 0 Å². The molecule has 5 aliphatic rings. The van der Waals surface area contributed by atoms with Crippen LogP contribution in [-0.2, 0) is 19.1 Å². The fourth-order valence-electron chi connectivity index (χ4n) is 14.5. The summed E-state index contributed by atoms with van der Waals surface area (Å²) in [5.41, 5.74) is 1.72. The van der Waals surface area contributed by atoms with Gasteiger partial charge in [0.25, 0.3) is 0 Å². The molecule has 3 N–H and O–H groups in total. The van der Waals surface area contributed by atoms with Gasteiger partial charge in [0.05, 0.1) is 18.6 Å². The normalized spacial score (nSPS) is 38.2. The number of methoxy groups -OCH3 is 1. The van der Waals surface area contributed by atoms with Crippen molar-refractivity contribution >= 4 is 17.8 Å². The number of esters is 1. The molecule has 7 heteroatoms. The molecule has 0 aliphatic heterocycles. The highest BCUT2D eigenvalue weighted by atomic mass is 16.5. The first-order chi connectivity index (χ1) is 25.9. The van der Waals surface area contributed by atoms with E-state index in [2.05, 4.69) is 58.8 Å². The Morgan fingerprint density at radius 1 is 0.782 bits per heavy atom.